The molecule has 1 aliphatic carbocycles. The minimum atomic E-state index is -0.373. The van der Waals surface area contributed by atoms with E-state index >= 15 is 0 Å². The molecule has 0 radical (unpaired) electrons. The summed E-state index contributed by atoms with van der Waals surface area (Å²) in [4.78, 5) is 29.0. The number of nitrogens with zero attached hydrogens (tertiary/aromatic N) is 1. The first-order chi connectivity index (χ1) is 12.0. The summed E-state index contributed by atoms with van der Waals surface area (Å²) in [5.74, 6) is 0.510. The van der Waals surface area contributed by atoms with E-state index in [-0.39, 0.29) is 23.8 Å². The molecule has 1 aromatic heterocycles. The fourth-order valence-electron chi connectivity index (χ4n) is 3.84. The van der Waals surface area contributed by atoms with Crippen molar-refractivity contribution in [3.05, 3.63) is 15.8 Å². The van der Waals surface area contributed by atoms with Gasteiger partial charge in [-0.3, -0.25) is 4.79 Å². The predicted molar refractivity (Wildman–Crippen MR) is 98.2 cm³/mol. The topological polar surface area (TPSA) is 55.8 Å². The van der Waals surface area contributed by atoms with Crippen LogP contribution in [-0.4, -0.2) is 38.2 Å². The van der Waals surface area contributed by atoms with Gasteiger partial charge in [0.15, 0.2) is 0 Å². The average Bonchev–Trinajstić information content (AvgIpc) is 3.25. The second-order valence-corrected chi connectivity index (χ2v) is 8.50. The summed E-state index contributed by atoms with van der Waals surface area (Å²) in [5, 5.41) is 0. The number of hydrogen-bond acceptors (Lipinski definition) is 5. The molecule has 6 heteroatoms. The molecule has 2 heterocycles. The van der Waals surface area contributed by atoms with E-state index in [2.05, 4.69) is 6.92 Å². The van der Waals surface area contributed by atoms with Crippen molar-refractivity contribution in [1.29, 1.82) is 0 Å². The number of aryl methyl sites for hydroxylation is 1. The van der Waals surface area contributed by atoms with E-state index in [0.717, 1.165) is 37.0 Å². The molecule has 0 spiro atoms. The molecule has 1 aliphatic heterocycles. The SMILES string of the molecule is COC(=O)c1sc(C)cc1N(C(=O)C1CCC(C)CC1)C1CCOC1. The highest BCUT2D eigenvalue weighted by molar-refractivity contribution is 7.14. The van der Waals surface area contributed by atoms with E-state index in [4.69, 9.17) is 9.47 Å². The fourth-order valence-corrected chi connectivity index (χ4v) is 4.76. The maximum absolute atomic E-state index is 13.4. The number of carbonyl (C=O) groups excluding carboxylic acids is 2. The van der Waals surface area contributed by atoms with Gasteiger partial charge in [0.1, 0.15) is 4.88 Å². The molecular formula is C19H27NO4S. The van der Waals surface area contributed by atoms with Crippen LogP contribution in [0.2, 0.25) is 0 Å². The summed E-state index contributed by atoms with van der Waals surface area (Å²) < 4.78 is 10.5. The smallest absolute Gasteiger partial charge is 0.350 e. The number of rotatable bonds is 4. The lowest BCUT2D eigenvalue weighted by molar-refractivity contribution is -0.124. The molecule has 138 valence electrons. The van der Waals surface area contributed by atoms with Gasteiger partial charge in [0, 0.05) is 17.4 Å². The lowest BCUT2D eigenvalue weighted by Gasteiger charge is -2.34. The lowest BCUT2D eigenvalue weighted by atomic mass is 9.82. The van der Waals surface area contributed by atoms with Crippen molar-refractivity contribution in [2.45, 2.75) is 52.0 Å². The van der Waals surface area contributed by atoms with Gasteiger partial charge in [-0.15, -0.1) is 11.3 Å². The molecule has 0 aromatic carbocycles. The monoisotopic (exact) mass is 365 g/mol. The van der Waals surface area contributed by atoms with Crippen molar-refractivity contribution < 1.29 is 19.1 Å². The first kappa shape index (κ1) is 18.4. The maximum Gasteiger partial charge on any atom is 0.350 e. The summed E-state index contributed by atoms with van der Waals surface area (Å²) >= 11 is 1.39. The number of carbonyl (C=O) groups is 2. The van der Waals surface area contributed by atoms with Crippen molar-refractivity contribution >= 4 is 28.9 Å². The van der Waals surface area contributed by atoms with Gasteiger partial charge in [0.2, 0.25) is 5.91 Å². The lowest BCUT2D eigenvalue weighted by Crippen LogP contribution is -2.45. The van der Waals surface area contributed by atoms with Gasteiger partial charge in [-0.05, 0) is 51.0 Å². The second-order valence-electron chi connectivity index (χ2n) is 7.25. The van der Waals surface area contributed by atoms with E-state index < -0.39 is 0 Å². The third-order valence-electron chi connectivity index (χ3n) is 5.34. The molecule has 1 unspecified atom stereocenters. The molecule has 3 rings (SSSR count). The number of amides is 1. The highest BCUT2D eigenvalue weighted by Crippen LogP contribution is 2.37. The molecule has 5 nitrogen and oxygen atoms in total. The first-order valence-corrected chi connectivity index (χ1v) is 9.92. The fraction of sp³-hybridized carbons (Fsp3) is 0.684. The predicted octanol–water partition coefficient (Wildman–Crippen LogP) is 3.79. The quantitative estimate of drug-likeness (QED) is 0.762. The largest absolute Gasteiger partial charge is 0.465 e. The Morgan fingerprint density at radius 1 is 1.24 bits per heavy atom. The number of anilines is 1. The van der Waals surface area contributed by atoms with Crippen LogP contribution in [-0.2, 0) is 14.3 Å². The van der Waals surface area contributed by atoms with Gasteiger partial charge in [-0.2, -0.15) is 0 Å². The van der Waals surface area contributed by atoms with Gasteiger partial charge in [-0.25, -0.2) is 4.79 Å². The molecule has 1 atom stereocenters. The average molecular weight is 365 g/mol. The zero-order chi connectivity index (χ0) is 18.0. The summed E-state index contributed by atoms with van der Waals surface area (Å²) in [6.45, 7) is 5.40. The molecule has 1 amide bonds. The van der Waals surface area contributed by atoms with Crippen LogP contribution >= 0.6 is 11.3 Å². The van der Waals surface area contributed by atoms with Crippen molar-refractivity contribution in [3.63, 3.8) is 0 Å². The van der Waals surface area contributed by atoms with Crippen LogP contribution in [0.3, 0.4) is 0 Å². The van der Waals surface area contributed by atoms with Gasteiger partial charge in [0.05, 0.1) is 25.4 Å². The molecule has 25 heavy (non-hydrogen) atoms. The first-order valence-electron chi connectivity index (χ1n) is 9.10. The van der Waals surface area contributed by atoms with E-state index in [0.29, 0.717) is 29.7 Å². The molecule has 1 aromatic rings. The van der Waals surface area contributed by atoms with E-state index in [9.17, 15) is 9.59 Å². The molecule has 0 bridgehead atoms. The zero-order valence-electron chi connectivity index (χ0n) is 15.2. The molecule has 2 aliphatic rings. The molecule has 1 saturated heterocycles. The summed E-state index contributed by atoms with van der Waals surface area (Å²) in [5.41, 5.74) is 0.702. The van der Waals surface area contributed by atoms with Gasteiger partial charge < -0.3 is 14.4 Å². The highest BCUT2D eigenvalue weighted by atomic mass is 32.1. The Hall–Kier alpha value is -1.40. The maximum atomic E-state index is 13.4. The van der Waals surface area contributed by atoms with Crippen molar-refractivity contribution in [3.8, 4) is 0 Å². The molecule has 2 fully saturated rings. The third kappa shape index (κ3) is 3.90. The number of methoxy groups -OCH3 is 1. The van der Waals surface area contributed by atoms with Crippen LogP contribution in [0.25, 0.3) is 0 Å². The van der Waals surface area contributed by atoms with Crippen molar-refractivity contribution in [2.75, 3.05) is 25.2 Å². The number of esters is 1. The minimum Gasteiger partial charge on any atom is -0.465 e. The Balaban J connectivity index is 1.93. The second kappa shape index (κ2) is 7.87. The van der Waals surface area contributed by atoms with Crippen LogP contribution in [0.5, 0.6) is 0 Å². The van der Waals surface area contributed by atoms with E-state index in [1.807, 2.05) is 17.9 Å². The Morgan fingerprint density at radius 3 is 2.56 bits per heavy atom. The molecular weight excluding hydrogens is 338 g/mol. The Labute approximate surface area is 153 Å². The number of ether oxygens (including phenoxy) is 2. The highest BCUT2D eigenvalue weighted by Gasteiger charge is 2.37. The number of thiophene rings is 1. The Kier molecular flexibility index (Phi) is 5.79. The minimum absolute atomic E-state index is 0.00394. The third-order valence-corrected chi connectivity index (χ3v) is 6.36. The standard InChI is InChI=1S/C19H27NO4S/c1-12-4-6-14(7-5-12)18(21)20(15-8-9-24-11-15)16-10-13(2)25-17(16)19(22)23-3/h10,12,14-15H,4-9,11H2,1-3H3. The van der Waals surface area contributed by atoms with Crippen LogP contribution in [0.4, 0.5) is 5.69 Å². The zero-order valence-corrected chi connectivity index (χ0v) is 16.1. The Morgan fingerprint density at radius 2 is 1.96 bits per heavy atom. The van der Waals surface area contributed by atoms with Gasteiger partial charge in [-0.1, -0.05) is 6.92 Å². The summed E-state index contributed by atoms with van der Waals surface area (Å²) in [7, 11) is 1.38. The van der Waals surface area contributed by atoms with Crippen LogP contribution in [0, 0.1) is 18.8 Å². The summed E-state index contributed by atoms with van der Waals surface area (Å²) in [6, 6.07) is 1.95. The van der Waals surface area contributed by atoms with E-state index in [1.54, 1.807) is 0 Å². The molecule has 1 saturated carbocycles. The van der Waals surface area contributed by atoms with Gasteiger partial charge >= 0.3 is 5.97 Å². The van der Waals surface area contributed by atoms with E-state index in [1.165, 1.54) is 18.4 Å². The molecule has 0 N–H and O–H groups in total. The van der Waals surface area contributed by atoms with Crippen molar-refractivity contribution in [1.82, 2.24) is 0 Å². The van der Waals surface area contributed by atoms with Gasteiger partial charge in [0.25, 0.3) is 0 Å². The van der Waals surface area contributed by atoms with Crippen LogP contribution in [0.15, 0.2) is 6.07 Å². The van der Waals surface area contributed by atoms with Crippen LogP contribution < -0.4 is 4.90 Å². The number of hydrogen-bond donors (Lipinski definition) is 0. The van der Waals surface area contributed by atoms with Crippen LogP contribution in [0.1, 0.15) is 53.6 Å². The summed E-state index contributed by atoms with van der Waals surface area (Å²) in [6.07, 6.45) is 4.86. The normalized spacial score (nSPS) is 26.4. The van der Waals surface area contributed by atoms with Crippen molar-refractivity contribution in [2.24, 2.45) is 11.8 Å². The Bertz CT molecular complexity index is 627.